The fourth-order valence-corrected chi connectivity index (χ4v) is 3.26. The van der Waals surface area contributed by atoms with Gasteiger partial charge in [0.05, 0.1) is 26.2 Å². The van der Waals surface area contributed by atoms with Crippen molar-refractivity contribution in [2.24, 2.45) is 5.73 Å². The third-order valence-electron chi connectivity index (χ3n) is 4.11. The van der Waals surface area contributed by atoms with E-state index in [1.807, 2.05) is 0 Å². The number of hydrogen-bond acceptors (Lipinski definition) is 7. The smallest absolute Gasteiger partial charge is 0.317 e. The molecule has 25 heavy (non-hydrogen) atoms. The topological polar surface area (TPSA) is 182 Å². The van der Waals surface area contributed by atoms with Gasteiger partial charge in [0.2, 0.25) is 0 Å². The maximum Gasteiger partial charge on any atom is 0.317 e. The van der Waals surface area contributed by atoms with Crippen molar-refractivity contribution in [1.29, 1.82) is 0 Å². The molecule has 142 valence electrons. The van der Waals surface area contributed by atoms with E-state index in [0.717, 1.165) is 0 Å². The number of aliphatic carboxylic acids is 4. The second-order valence-electron chi connectivity index (χ2n) is 6.09. The number of nitrogens with zero attached hydrogens (tertiary/aromatic N) is 2. The van der Waals surface area contributed by atoms with Crippen LogP contribution in [-0.2, 0) is 19.2 Å². The summed E-state index contributed by atoms with van der Waals surface area (Å²) in [4.78, 5) is 46.7. The highest BCUT2D eigenvalue weighted by atomic mass is 16.4. The molecule has 0 aliphatic heterocycles. The van der Waals surface area contributed by atoms with Gasteiger partial charge >= 0.3 is 23.9 Å². The van der Waals surface area contributed by atoms with Crippen molar-refractivity contribution in [3.8, 4) is 0 Å². The predicted molar refractivity (Wildman–Crippen MR) is 83.1 cm³/mol. The zero-order chi connectivity index (χ0) is 19.1. The van der Waals surface area contributed by atoms with Gasteiger partial charge in [-0.1, -0.05) is 0 Å². The van der Waals surface area contributed by atoms with Crippen LogP contribution in [0.15, 0.2) is 0 Å². The summed E-state index contributed by atoms with van der Waals surface area (Å²) in [6, 6.07) is -1.59. The number of nitrogens with two attached hydrogens (primary N) is 1. The van der Waals surface area contributed by atoms with Crippen LogP contribution in [0.1, 0.15) is 19.3 Å². The first-order valence-electron chi connectivity index (χ1n) is 7.71. The molecule has 1 aliphatic carbocycles. The second-order valence-corrected chi connectivity index (χ2v) is 6.09. The summed E-state index contributed by atoms with van der Waals surface area (Å²) in [5.41, 5.74) is 5.92. The molecule has 0 radical (unpaired) electrons. The summed E-state index contributed by atoms with van der Waals surface area (Å²) < 4.78 is 0. The van der Waals surface area contributed by atoms with Crippen LogP contribution < -0.4 is 5.73 Å². The van der Waals surface area contributed by atoms with E-state index in [1.54, 1.807) is 0 Å². The lowest BCUT2D eigenvalue weighted by Gasteiger charge is -2.45. The maximum absolute atomic E-state index is 11.1. The molecular formula is C14H23N3O8. The van der Waals surface area contributed by atoms with Gasteiger partial charge < -0.3 is 26.2 Å². The van der Waals surface area contributed by atoms with Crippen LogP contribution in [0, 0.1) is 0 Å². The van der Waals surface area contributed by atoms with Crippen LogP contribution in [0.3, 0.4) is 0 Å². The van der Waals surface area contributed by atoms with Gasteiger partial charge in [-0.15, -0.1) is 0 Å². The van der Waals surface area contributed by atoms with Gasteiger partial charge in [-0.05, 0) is 19.3 Å². The first kappa shape index (κ1) is 20.8. The summed E-state index contributed by atoms with van der Waals surface area (Å²) in [5.74, 6) is -4.92. The standard InChI is InChI=1S/C14H23N3O8/c15-8-1-2-9(16(4-11(18)19)5-12(20)21)10(3-8)17(6-13(22)23)7-14(24)25/h8-10H,1-7,15H2,(H,18,19)(H,20,21)(H,22,23)(H,24,25)/t8-,9+,10+/m0/s1. The Labute approximate surface area is 143 Å². The summed E-state index contributed by atoms with van der Waals surface area (Å²) in [6.07, 6.45) is 1.11. The molecule has 0 aromatic heterocycles. The summed E-state index contributed by atoms with van der Waals surface area (Å²) in [7, 11) is 0. The third-order valence-corrected chi connectivity index (χ3v) is 4.11. The Kier molecular flexibility index (Phi) is 7.74. The average Bonchev–Trinajstić information content (AvgIpc) is 2.43. The van der Waals surface area contributed by atoms with Crippen molar-refractivity contribution in [3.63, 3.8) is 0 Å². The lowest BCUT2D eigenvalue weighted by molar-refractivity contribution is -0.149. The van der Waals surface area contributed by atoms with Crippen molar-refractivity contribution in [2.45, 2.75) is 37.4 Å². The first-order chi connectivity index (χ1) is 11.6. The molecule has 1 fully saturated rings. The molecule has 1 aliphatic rings. The Bertz CT molecular complexity index is 494. The van der Waals surface area contributed by atoms with Gasteiger partial charge in [0, 0.05) is 18.1 Å². The fourth-order valence-electron chi connectivity index (χ4n) is 3.26. The Morgan fingerprint density at radius 1 is 0.720 bits per heavy atom. The second kappa shape index (κ2) is 9.30. The van der Waals surface area contributed by atoms with E-state index in [-0.39, 0.29) is 12.5 Å². The predicted octanol–water partition coefficient (Wildman–Crippen LogP) is -1.82. The number of hydrogen-bond donors (Lipinski definition) is 5. The molecule has 0 heterocycles. The lowest BCUT2D eigenvalue weighted by Crippen LogP contribution is -2.59. The van der Waals surface area contributed by atoms with Crippen molar-refractivity contribution in [3.05, 3.63) is 0 Å². The minimum Gasteiger partial charge on any atom is -0.480 e. The van der Waals surface area contributed by atoms with Gasteiger partial charge in [0.25, 0.3) is 0 Å². The molecule has 11 heteroatoms. The first-order valence-corrected chi connectivity index (χ1v) is 7.71. The molecule has 0 bridgehead atoms. The van der Waals surface area contributed by atoms with Crippen LogP contribution in [0.2, 0.25) is 0 Å². The normalized spacial score (nSPS) is 23.6. The minimum atomic E-state index is -1.23. The molecule has 3 atom stereocenters. The molecule has 0 amide bonds. The van der Waals surface area contributed by atoms with Crippen molar-refractivity contribution in [1.82, 2.24) is 9.80 Å². The number of carbonyl (C=O) groups is 4. The summed E-state index contributed by atoms with van der Waals surface area (Å²) in [6.45, 7) is -2.21. The molecule has 6 N–H and O–H groups in total. The summed E-state index contributed by atoms with van der Waals surface area (Å²) in [5, 5.41) is 36.2. The van der Waals surface area contributed by atoms with Crippen LogP contribution in [0.4, 0.5) is 0 Å². The van der Waals surface area contributed by atoms with Crippen LogP contribution >= 0.6 is 0 Å². The van der Waals surface area contributed by atoms with Crippen LogP contribution in [-0.4, -0.2) is 98.4 Å². The summed E-state index contributed by atoms with van der Waals surface area (Å²) >= 11 is 0. The lowest BCUT2D eigenvalue weighted by atomic mass is 9.84. The van der Waals surface area contributed by atoms with E-state index in [2.05, 4.69) is 0 Å². The van der Waals surface area contributed by atoms with Crippen LogP contribution in [0.25, 0.3) is 0 Å². The Balaban J connectivity index is 3.11. The van der Waals surface area contributed by atoms with Crippen molar-refractivity contribution in [2.75, 3.05) is 26.2 Å². The Morgan fingerprint density at radius 2 is 1.08 bits per heavy atom. The Morgan fingerprint density at radius 3 is 1.44 bits per heavy atom. The van der Waals surface area contributed by atoms with Crippen LogP contribution in [0.5, 0.6) is 0 Å². The fraction of sp³-hybridized carbons (Fsp3) is 0.714. The van der Waals surface area contributed by atoms with Gasteiger partial charge in [0.15, 0.2) is 0 Å². The molecule has 0 unspecified atom stereocenters. The molecule has 0 aromatic carbocycles. The molecule has 0 spiro atoms. The molecule has 0 aromatic rings. The largest absolute Gasteiger partial charge is 0.480 e. The molecule has 11 nitrogen and oxygen atoms in total. The van der Waals surface area contributed by atoms with E-state index >= 15 is 0 Å². The zero-order valence-electron chi connectivity index (χ0n) is 13.6. The average molecular weight is 361 g/mol. The van der Waals surface area contributed by atoms with Gasteiger partial charge in [0.1, 0.15) is 0 Å². The van der Waals surface area contributed by atoms with Gasteiger partial charge in [-0.25, -0.2) is 0 Å². The highest BCUT2D eigenvalue weighted by Gasteiger charge is 2.39. The van der Waals surface area contributed by atoms with Gasteiger partial charge in [-0.2, -0.15) is 0 Å². The number of carboxylic acid groups (broad SMARTS) is 4. The van der Waals surface area contributed by atoms with Crippen molar-refractivity contribution >= 4 is 23.9 Å². The van der Waals surface area contributed by atoms with E-state index in [9.17, 15) is 19.2 Å². The maximum atomic E-state index is 11.1. The molecule has 1 saturated carbocycles. The van der Waals surface area contributed by atoms with E-state index < -0.39 is 62.1 Å². The van der Waals surface area contributed by atoms with E-state index in [4.69, 9.17) is 26.2 Å². The van der Waals surface area contributed by atoms with E-state index in [1.165, 1.54) is 9.80 Å². The minimum absolute atomic E-state index is 0.251. The van der Waals surface area contributed by atoms with Crippen molar-refractivity contribution < 1.29 is 39.6 Å². The SMILES string of the molecule is N[C@H]1CC[C@@H](N(CC(=O)O)CC(=O)O)[C@H](N(CC(=O)O)CC(=O)O)C1. The number of rotatable bonds is 10. The molecule has 1 rings (SSSR count). The van der Waals surface area contributed by atoms with Gasteiger partial charge in [-0.3, -0.25) is 29.0 Å². The Hall–Kier alpha value is -2.24. The van der Waals surface area contributed by atoms with E-state index in [0.29, 0.717) is 12.8 Å². The number of carboxylic acids is 4. The highest BCUT2D eigenvalue weighted by Crippen LogP contribution is 2.27. The monoisotopic (exact) mass is 361 g/mol. The molecular weight excluding hydrogens is 338 g/mol. The third kappa shape index (κ3) is 7.03. The zero-order valence-corrected chi connectivity index (χ0v) is 13.6. The quantitative estimate of drug-likeness (QED) is 0.295. The highest BCUT2D eigenvalue weighted by molar-refractivity contribution is 5.73. The molecule has 0 saturated heterocycles.